The molecule has 0 amide bonds. The number of nitrogens with zero attached hydrogens (tertiary/aromatic N) is 1. The van der Waals surface area contributed by atoms with Crippen LogP contribution in [0, 0.1) is 5.82 Å². The fourth-order valence-corrected chi connectivity index (χ4v) is 2.22. The largest absolute Gasteiger partial charge is 0.384 e. The van der Waals surface area contributed by atoms with Crippen molar-refractivity contribution in [3.05, 3.63) is 30.1 Å². The SMILES string of the molecule is CN(CCNc1cccc(F)c1)CC1CCCO1. The summed E-state index contributed by atoms with van der Waals surface area (Å²) < 4.78 is 18.5. The van der Waals surface area contributed by atoms with E-state index < -0.39 is 0 Å². The second-order valence-electron chi connectivity index (χ2n) is 4.83. The van der Waals surface area contributed by atoms with Crippen LogP contribution in [0.3, 0.4) is 0 Å². The third-order valence-corrected chi connectivity index (χ3v) is 3.19. The zero-order valence-corrected chi connectivity index (χ0v) is 10.9. The van der Waals surface area contributed by atoms with Crippen molar-refractivity contribution in [3.63, 3.8) is 0 Å². The average molecular weight is 252 g/mol. The van der Waals surface area contributed by atoms with E-state index in [1.165, 1.54) is 25.0 Å². The predicted molar refractivity (Wildman–Crippen MR) is 71.4 cm³/mol. The molecule has 1 aromatic carbocycles. The number of anilines is 1. The zero-order valence-electron chi connectivity index (χ0n) is 10.9. The smallest absolute Gasteiger partial charge is 0.125 e. The molecular weight excluding hydrogens is 231 g/mol. The van der Waals surface area contributed by atoms with Crippen LogP contribution in [-0.2, 0) is 4.74 Å². The van der Waals surface area contributed by atoms with Gasteiger partial charge in [0.15, 0.2) is 0 Å². The molecular formula is C14H21FN2O. The minimum atomic E-state index is -0.201. The highest BCUT2D eigenvalue weighted by atomic mass is 19.1. The second kappa shape index (κ2) is 6.71. The van der Waals surface area contributed by atoms with E-state index in [1.807, 2.05) is 6.07 Å². The van der Waals surface area contributed by atoms with Crippen LogP contribution in [0.4, 0.5) is 10.1 Å². The third-order valence-electron chi connectivity index (χ3n) is 3.19. The van der Waals surface area contributed by atoms with E-state index in [-0.39, 0.29) is 5.82 Å². The van der Waals surface area contributed by atoms with Gasteiger partial charge >= 0.3 is 0 Å². The first-order valence-corrected chi connectivity index (χ1v) is 6.53. The van der Waals surface area contributed by atoms with E-state index >= 15 is 0 Å². The minimum Gasteiger partial charge on any atom is -0.384 e. The number of hydrogen-bond acceptors (Lipinski definition) is 3. The number of ether oxygens (including phenoxy) is 1. The van der Waals surface area contributed by atoms with Crippen molar-refractivity contribution < 1.29 is 9.13 Å². The molecule has 1 aromatic rings. The Morgan fingerprint density at radius 3 is 3.11 bits per heavy atom. The summed E-state index contributed by atoms with van der Waals surface area (Å²) in [6, 6.07) is 6.56. The van der Waals surface area contributed by atoms with E-state index in [9.17, 15) is 4.39 Å². The van der Waals surface area contributed by atoms with E-state index in [1.54, 1.807) is 6.07 Å². The number of rotatable bonds is 6. The first-order valence-electron chi connectivity index (χ1n) is 6.53. The molecule has 1 saturated heterocycles. The summed E-state index contributed by atoms with van der Waals surface area (Å²) in [6.07, 6.45) is 2.74. The molecule has 4 heteroatoms. The Morgan fingerprint density at radius 1 is 1.50 bits per heavy atom. The molecule has 100 valence electrons. The van der Waals surface area contributed by atoms with Gasteiger partial charge in [-0.25, -0.2) is 4.39 Å². The maximum atomic E-state index is 13.0. The number of likely N-dealkylation sites (N-methyl/N-ethyl adjacent to an activating group) is 1. The van der Waals surface area contributed by atoms with Crippen molar-refractivity contribution in [1.29, 1.82) is 0 Å². The van der Waals surface area contributed by atoms with Gasteiger partial charge in [-0.05, 0) is 38.1 Å². The lowest BCUT2D eigenvalue weighted by molar-refractivity contribution is 0.0823. The topological polar surface area (TPSA) is 24.5 Å². The Morgan fingerprint density at radius 2 is 2.39 bits per heavy atom. The summed E-state index contributed by atoms with van der Waals surface area (Å²) in [6.45, 7) is 3.62. The second-order valence-corrected chi connectivity index (χ2v) is 4.83. The monoisotopic (exact) mass is 252 g/mol. The number of nitrogens with one attached hydrogen (secondary N) is 1. The Bertz CT molecular complexity index is 367. The van der Waals surface area contributed by atoms with Crippen molar-refractivity contribution in [2.75, 3.05) is 38.6 Å². The van der Waals surface area contributed by atoms with E-state index in [2.05, 4.69) is 17.3 Å². The van der Waals surface area contributed by atoms with Gasteiger partial charge in [-0.1, -0.05) is 6.07 Å². The summed E-state index contributed by atoms with van der Waals surface area (Å²) in [4.78, 5) is 2.25. The van der Waals surface area contributed by atoms with Gasteiger partial charge in [-0.3, -0.25) is 0 Å². The van der Waals surface area contributed by atoms with Crippen LogP contribution < -0.4 is 5.32 Å². The van der Waals surface area contributed by atoms with Crippen LogP contribution in [0.25, 0.3) is 0 Å². The van der Waals surface area contributed by atoms with Crippen molar-refractivity contribution in [3.8, 4) is 0 Å². The van der Waals surface area contributed by atoms with Gasteiger partial charge in [0.05, 0.1) is 6.10 Å². The van der Waals surface area contributed by atoms with Gasteiger partial charge in [0, 0.05) is 31.9 Å². The molecule has 1 heterocycles. The van der Waals surface area contributed by atoms with Gasteiger partial charge in [0.1, 0.15) is 5.82 Å². The Labute approximate surface area is 108 Å². The first kappa shape index (κ1) is 13.3. The molecule has 1 aliphatic heterocycles. The lowest BCUT2D eigenvalue weighted by Crippen LogP contribution is -2.32. The van der Waals surface area contributed by atoms with E-state index in [0.29, 0.717) is 6.10 Å². The average Bonchev–Trinajstić information content (AvgIpc) is 2.82. The molecule has 0 saturated carbocycles. The van der Waals surface area contributed by atoms with Gasteiger partial charge in [-0.15, -0.1) is 0 Å². The van der Waals surface area contributed by atoms with Crippen LogP contribution >= 0.6 is 0 Å². The van der Waals surface area contributed by atoms with Crippen molar-refractivity contribution in [2.45, 2.75) is 18.9 Å². The highest BCUT2D eigenvalue weighted by Crippen LogP contribution is 2.12. The molecule has 0 spiro atoms. The van der Waals surface area contributed by atoms with Crippen LogP contribution in [-0.4, -0.2) is 44.3 Å². The molecule has 0 bridgehead atoms. The fourth-order valence-electron chi connectivity index (χ4n) is 2.22. The molecule has 1 unspecified atom stereocenters. The molecule has 1 aliphatic rings. The van der Waals surface area contributed by atoms with Crippen LogP contribution in [0.2, 0.25) is 0 Å². The molecule has 18 heavy (non-hydrogen) atoms. The lowest BCUT2D eigenvalue weighted by Gasteiger charge is -2.20. The van der Waals surface area contributed by atoms with Crippen LogP contribution in [0.5, 0.6) is 0 Å². The van der Waals surface area contributed by atoms with Gasteiger partial charge in [0.2, 0.25) is 0 Å². The van der Waals surface area contributed by atoms with E-state index in [0.717, 1.165) is 31.9 Å². The summed E-state index contributed by atoms with van der Waals surface area (Å²) in [7, 11) is 2.09. The number of hydrogen-bond donors (Lipinski definition) is 1. The molecule has 1 fully saturated rings. The van der Waals surface area contributed by atoms with Gasteiger partial charge < -0.3 is 15.0 Å². The van der Waals surface area contributed by atoms with E-state index in [4.69, 9.17) is 4.74 Å². The van der Waals surface area contributed by atoms with Gasteiger partial charge in [0.25, 0.3) is 0 Å². The molecule has 0 aliphatic carbocycles. The molecule has 1 atom stereocenters. The highest BCUT2D eigenvalue weighted by Gasteiger charge is 2.16. The normalized spacial score (nSPS) is 19.4. The Hall–Kier alpha value is -1.13. The maximum Gasteiger partial charge on any atom is 0.125 e. The molecule has 1 N–H and O–H groups in total. The van der Waals surface area contributed by atoms with Crippen molar-refractivity contribution in [2.24, 2.45) is 0 Å². The van der Waals surface area contributed by atoms with Crippen LogP contribution in [0.1, 0.15) is 12.8 Å². The maximum absolute atomic E-state index is 13.0. The molecule has 0 radical (unpaired) electrons. The standard InChI is InChI=1S/C14H21FN2O/c1-17(11-14-6-3-9-18-14)8-7-16-13-5-2-4-12(15)10-13/h2,4-5,10,14,16H,3,6-9,11H2,1H3. The number of halogens is 1. The third kappa shape index (κ3) is 4.27. The van der Waals surface area contributed by atoms with Crippen molar-refractivity contribution >= 4 is 5.69 Å². The highest BCUT2D eigenvalue weighted by molar-refractivity contribution is 5.42. The van der Waals surface area contributed by atoms with Crippen molar-refractivity contribution in [1.82, 2.24) is 4.90 Å². The molecule has 2 rings (SSSR count). The van der Waals surface area contributed by atoms with Gasteiger partial charge in [-0.2, -0.15) is 0 Å². The van der Waals surface area contributed by atoms with Crippen LogP contribution in [0.15, 0.2) is 24.3 Å². The Balaban J connectivity index is 1.65. The molecule has 3 nitrogen and oxygen atoms in total. The first-order chi connectivity index (χ1) is 8.74. The molecule has 0 aromatic heterocycles. The summed E-state index contributed by atoms with van der Waals surface area (Å²) in [5.74, 6) is -0.201. The lowest BCUT2D eigenvalue weighted by atomic mass is 10.2. The predicted octanol–water partition coefficient (Wildman–Crippen LogP) is 2.35. The summed E-state index contributed by atoms with van der Waals surface area (Å²) in [5, 5.41) is 3.22. The summed E-state index contributed by atoms with van der Waals surface area (Å²) >= 11 is 0. The zero-order chi connectivity index (χ0) is 12.8. The number of benzene rings is 1. The fraction of sp³-hybridized carbons (Fsp3) is 0.571. The Kier molecular flexibility index (Phi) is 4.96. The summed E-state index contributed by atoms with van der Waals surface area (Å²) in [5.41, 5.74) is 0.834. The quantitative estimate of drug-likeness (QED) is 0.841. The minimum absolute atomic E-state index is 0.201.